The number of hydrogen-bond acceptors (Lipinski definition) is 4. The SMILES string of the molecule is Cc1ccc(OCCCCCCCCOc2ccccc2N)cc1N. The molecule has 0 radical (unpaired) electrons. The summed E-state index contributed by atoms with van der Waals surface area (Å²) < 4.78 is 11.4. The highest BCUT2D eigenvalue weighted by Crippen LogP contribution is 2.20. The third-order valence-electron chi connectivity index (χ3n) is 4.23. The van der Waals surface area contributed by atoms with Crippen molar-refractivity contribution < 1.29 is 9.47 Å². The van der Waals surface area contributed by atoms with Gasteiger partial charge in [-0.1, -0.05) is 43.9 Å². The van der Waals surface area contributed by atoms with Crippen LogP contribution in [0.25, 0.3) is 0 Å². The Balaban J connectivity index is 1.44. The molecule has 0 aliphatic heterocycles. The number of nitrogens with two attached hydrogens (primary N) is 2. The fourth-order valence-electron chi connectivity index (χ4n) is 2.60. The van der Waals surface area contributed by atoms with Gasteiger partial charge in [0, 0.05) is 11.8 Å². The first-order valence-electron chi connectivity index (χ1n) is 9.13. The molecule has 0 bridgehead atoms. The highest BCUT2D eigenvalue weighted by Gasteiger charge is 1.99. The number of benzene rings is 2. The van der Waals surface area contributed by atoms with Crippen LogP contribution in [0.2, 0.25) is 0 Å². The van der Waals surface area contributed by atoms with Crippen LogP contribution in [0.15, 0.2) is 42.5 Å². The Labute approximate surface area is 151 Å². The number of hydrogen-bond donors (Lipinski definition) is 2. The number of anilines is 2. The van der Waals surface area contributed by atoms with E-state index in [-0.39, 0.29) is 0 Å². The van der Waals surface area contributed by atoms with E-state index in [0.29, 0.717) is 5.69 Å². The zero-order chi connectivity index (χ0) is 17.9. The van der Waals surface area contributed by atoms with Gasteiger partial charge < -0.3 is 20.9 Å². The van der Waals surface area contributed by atoms with Crippen molar-refractivity contribution in [2.24, 2.45) is 0 Å². The van der Waals surface area contributed by atoms with Crippen molar-refractivity contribution in [1.82, 2.24) is 0 Å². The van der Waals surface area contributed by atoms with Crippen LogP contribution in [0.5, 0.6) is 11.5 Å². The summed E-state index contributed by atoms with van der Waals surface area (Å²) in [5.41, 5.74) is 14.3. The lowest BCUT2D eigenvalue weighted by Crippen LogP contribution is -2.00. The summed E-state index contributed by atoms with van der Waals surface area (Å²) in [6, 6.07) is 13.5. The second kappa shape index (κ2) is 10.5. The van der Waals surface area contributed by atoms with Crippen LogP contribution in [0, 0.1) is 6.92 Å². The molecular formula is C21H30N2O2. The molecule has 0 heterocycles. The lowest BCUT2D eigenvalue weighted by atomic mass is 10.1. The van der Waals surface area contributed by atoms with E-state index in [4.69, 9.17) is 20.9 Å². The lowest BCUT2D eigenvalue weighted by molar-refractivity contribution is 0.297. The monoisotopic (exact) mass is 342 g/mol. The zero-order valence-electron chi connectivity index (χ0n) is 15.2. The summed E-state index contributed by atoms with van der Waals surface area (Å²) in [5, 5.41) is 0. The van der Waals surface area contributed by atoms with E-state index >= 15 is 0 Å². The van der Waals surface area contributed by atoms with E-state index in [0.717, 1.165) is 48.8 Å². The quantitative estimate of drug-likeness (QED) is 0.447. The molecule has 136 valence electrons. The molecule has 2 aromatic carbocycles. The van der Waals surface area contributed by atoms with E-state index in [1.54, 1.807) is 0 Å². The Hall–Kier alpha value is -2.36. The Kier molecular flexibility index (Phi) is 7.96. The standard InChI is InChI=1S/C21H30N2O2/c1-17-12-13-18(16-20(17)23)24-14-8-4-2-3-5-9-15-25-21-11-7-6-10-19(21)22/h6-7,10-13,16H,2-5,8-9,14-15,22-23H2,1H3. The van der Waals surface area contributed by atoms with Crippen molar-refractivity contribution in [3.8, 4) is 11.5 Å². The van der Waals surface area contributed by atoms with Crippen LogP contribution in [-0.4, -0.2) is 13.2 Å². The summed E-state index contributed by atoms with van der Waals surface area (Å²) in [4.78, 5) is 0. The van der Waals surface area contributed by atoms with E-state index in [1.165, 1.54) is 25.7 Å². The third kappa shape index (κ3) is 6.96. The van der Waals surface area contributed by atoms with Gasteiger partial charge in [0.25, 0.3) is 0 Å². The van der Waals surface area contributed by atoms with E-state index in [1.807, 2.05) is 49.4 Å². The number of rotatable bonds is 11. The number of aryl methyl sites for hydroxylation is 1. The van der Waals surface area contributed by atoms with Crippen LogP contribution < -0.4 is 20.9 Å². The molecule has 0 spiro atoms. The maximum Gasteiger partial charge on any atom is 0.142 e. The number of nitrogen functional groups attached to an aromatic ring is 2. The smallest absolute Gasteiger partial charge is 0.142 e. The van der Waals surface area contributed by atoms with E-state index in [2.05, 4.69) is 0 Å². The fraction of sp³-hybridized carbons (Fsp3) is 0.429. The van der Waals surface area contributed by atoms with Gasteiger partial charge in [0.05, 0.1) is 18.9 Å². The summed E-state index contributed by atoms with van der Waals surface area (Å²) in [5.74, 6) is 1.65. The summed E-state index contributed by atoms with van der Waals surface area (Å²) in [6.07, 6.45) is 6.96. The van der Waals surface area contributed by atoms with Crippen molar-refractivity contribution in [1.29, 1.82) is 0 Å². The molecule has 0 amide bonds. The van der Waals surface area contributed by atoms with Crippen LogP contribution in [0.3, 0.4) is 0 Å². The van der Waals surface area contributed by atoms with E-state index < -0.39 is 0 Å². The van der Waals surface area contributed by atoms with Gasteiger partial charge in [0.2, 0.25) is 0 Å². The van der Waals surface area contributed by atoms with Crippen LogP contribution in [0.4, 0.5) is 11.4 Å². The molecule has 0 saturated heterocycles. The highest BCUT2D eigenvalue weighted by atomic mass is 16.5. The van der Waals surface area contributed by atoms with Crippen LogP contribution in [-0.2, 0) is 0 Å². The fourth-order valence-corrected chi connectivity index (χ4v) is 2.60. The van der Waals surface area contributed by atoms with Gasteiger partial charge in [-0.2, -0.15) is 0 Å². The maximum absolute atomic E-state index is 5.88. The highest BCUT2D eigenvalue weighted by molar-refractivity contribution is 5.52. The van der Waals surface area contributed by atoms with Gasteiger partial charge in [-0.05, 0) is 43.5 Å². The minimum absolute atomic E-state index is 0.706. The van der Waals surface area contributed by atoms with Gasteiger partial charge in [-0.3, -0.25) is 0 Å². The second-order valence-electron chi connectivity index (χ2n) is 6.37. The summed E-state index contributed by atoms with van der Waals surface area (Å²) in [7, 11) is 0. The number of para-hydroxylation sites is 2. The molecule has 0 saturated carbocycles. The minimum Gasteiger partial charge on any atom is -0.494 e. The molecule has 0 aliphatic rings. The normalized spacial score (nSPS) is 10.6. The summed E-state index contributed by atoms with van der Waals surface area (Å²) in [6.45, 7) is 3.48. The molecule has 4 heteroatoms. The summed E-state index contributed by atoms with van der Waals surface area (Å²) >= 11 is 0. The predicted molar refractivity (Wildman–Crippen MR) is 105 cm³/mol. The van der Waals surface area contributed by atoms with Crippen LogP contribution in [0.1, 0.15) is 44.1 Å². The maximum atomic E-state index is 5.88. The Bertz CT molecular complexity index is 644. The van der Waals surface area contributed by atoms with Gasteiger partial charge in [0.15, 0.2) is 0 Å². The average molecular weight is 342 g/mol. The van der Waals surface area contributed by atoms with E-state index in [9.17, 15) is 0 Å². The van der Waals surface area contributed by atoms with Gasteiger partial charge in [0.1, 0.15) is 11.5 Å². The second-order valence-corrected chi connectivity index (χ2v) is 6.37. The molecule has 4 N–H and O–H groups in total. The van der Waals surface area contributed by atoms with Gasteiger partial charge >= 0.3 is 0 Å². The van der Waals surface area contributed by atoms with Crippen molar-refractivity contribution in [3.05, 3.63) is 48.0 Å². The Morgan fingerprint density at radius 1 is 0.720 bits per heavy atom. The first-order valence-corrected chi connectivity index (χ1v) is 9.13. The number of ether oxygens (including phenoxy) is 2. The van der Waals surface area contributed by atoms with Crippen molar-refractivity contribution in [2.45, 2.75) is 45.4 Å². The predicted octanol–water partition coefficient (Wildman–Crippen LogP) is 4.96. The third-order valence-corrected chi connectivity index (χ3v) is 4.23. The van der Waals surface area contributed by atoms with Crippen LogP contribution >= 0.6 is 0 Å². The topological polar surface area (TPSA) is 70.5 Å². The Morgan fingerprint density at radius 2 is 1.36 bits per heavy atom. The van der Waals surface area contributed by atoms with Crippen molar-refractivity contribution in [2.75, 3.05) is 24.7 Å². The average Bonchev–Trinajstić information content (AvgIpc) is 2.61. The minimum atomic E-state index is 0.706. The van der Waals surface area contributed by atoms with Gasteiger partial charge in [-0.15, -0.1) is 0 Å². The molecule has 0 atom stereocenters. The molecule has 0 aliphatic carbocycles. The first kappa shape index (κ1) is 19.0. The zero-order valence-corrected chi connectivity index (χ0v) is 15.2. The largest absolute Gasteiger partial charge is 0.494 e. The number of unbranched alkanes of at least 4 members (excludes halogenated alkanes) is 5. The molecule has 2 rings (SSSR count). The molecule has 0 aromatic heterocycles. The molecular weight excluding hydrogens is 312 g/mol. The molecule has 4 nitrogen and oxygen atoms in total. The molecule has 0 fully saturated rings. The molecule has 25 heavy (non-hydrogen) atoms. The van der Waals surface area contributed by atoms with Crippen molar-refractivity contribution >= 4 is 11.4 Å². The Morgan fingerprint density at radius 3 is 2.04 bits per heavy atom. The molecule has 2 aromatic rings. The van der Waals surface area contributed by atoms with Crippen molar-refractivity contribution in [3.63, 3.8) is 0 Å². The first-order chi connectivity index (χ1) is 12.2. The van der Waals surface area contributed by atoms with Gasteiger partial charge in [-0.25, -0.2) is 0 Å². The lowest BCUT2D eigenvalue weighted by Gasteiger charge is -2.09. The molecule has 0 unspecified atom stereocenters.